The molecule has 0 aliphatic carbocycles. The molecule has 26 heavy (non-hydrogen) atoms. The van der Waals surface area contributed by atoms with Crippen LogP contribution in [-0.4, -0.2) is 32.8 Å². The second kappa shape index (κ2) is 7.57. The van der Waals surface area contributed by atoms with Crippen LogP contribution in [0.4, 0.5) is 13.2 Å². The molecular weight excluding hydrogens is 347 g/mol. The maximum atomic E-state index is 12.2. The van der Waals surface area contributed by atoms with Crippen LogP contribution in [0.1, 0.15) is 12.0 Å². The van der Waals surface area contributed by atoms with E-state index in [1.165, 1.54) is 35.3 Å². The van der Waals surface area contributed by atoms with Crippen molar-refractivity contribution in [2.75, 3.05) is 6.61 Å². The molecule has 0 saturated heterocycles. The Kier molecular flexibility index (Phi) is 5.22. The van der Waals surface area contributed by atoms with E-state index < -0.39 is 6.36 Å². The average molecular weight is 363 g/mol. The monoisotopic (exact) mass is 363 g/mol. The van der Waals surface area contributed by atoms with Crippen molar-refractivity contribution in [1.82, 2.24) is 14.8 Å². The number of aryl methyl sites for hydroxylation is 1. The standard InChI is InChI=1S/C18H16F3N3O2/c19-18(20,21)26-16-9-7-15(8-10-16)24-12-22-17(23-24)14-5-3-13(4-6-14)2-1-11-25/h3-10,12,25H,1-2,11H2. The molecule has 0 aliphatic rings. The van der Waals surface area contributed by atoms with Gasteiger partial charge in [-0.1, -0.05) is 24.3 Å². The Balaban J connectivity index is 1.73. The Labute approximate surface area is 147 Å². The molecule has 0 unspecified atom stereocenters. The summed E-state index contributed by atoms with van der Waals surface area (Å²) >= 11 is 0. The van der Waals surface area contributed by atoms with E-state index in [0.717, 1.165) is 17.5 Å². The van der Waals surface area contributed by atoms with Crippen LogP contribution >= 0.6 is 0 Å². The average Bonchev–Trinajstić information content (AvgIpc) is 3.10. The number of hydrogen-bond donors (Lipinski definition) is 1. The van der Waals surface area contributed by atoms with Gasteiger partial charge in [0.05, 0.1) is 5.69 Å². The lowest BCUT2D eigenvalue weighted by Crippen LogP contribution is -2.17. The molecule has 1 aromatic heterocycles. The minimum atomic E-state index is -4.72. The third kappa shape index (κ3) is 4.60. The maximum Gasteiger partial charge on any atom is 0.573 e. The van der Waals surface area contributed by atoms with Gasteiger partial charge in [-0.15, -0.1) is 18.3 Å². The second-order valence-electron chi connectivity index (χ2n) is 5.58. The Bertz CT molecular complexity index is 843. The molecule has 0 saturated carbocycles. The van der Waals surface area contributed by atoms with Crippen molar-refractivity contribution in [2.45, 2.75) is 19.2 Å². The highest BCUT2D eigenvalue weighted by Crippen LogP contribution is 2.24. The minimum Gasteiger partial charge on any atom is -0.406 e. The molecule has 1 heterocycles. The summed E-state index contributed by atoms with van der Waals surface area (Å²) in [4.78, 5) is 4.24. The lowest BCUT2D eigenvalue weighted by molar-refractivity contribution is -0.274. The van der Waals surface area contributed by atoms with Crippen LogP contribution in [0.3, 0.4) is 0 Å². The van der Waals surface area contributed by atoms with Crippen LogP contribution in [0, 0.1) is 0 Å². The predicted molar refractivity (Wildman–Crippen MR) is 88.9 cm³/mol. The van der Waals surface area contributed by atoms with Gasteiger partial charge in [0.2, 0.25) is 0 Å². The summed E-state index contributed by atoms with van der Waals surface area (Å²) in [6, 6.07) is 13.1. The highest BCUT2D eigenvalue weighted by Gasteiger charge is 2.30. The van der Waals surface area contributed by atoms with E-state index in [0.29, 0.717) is 17.9 Å². The van der Waals surface area contributed by atoms with Gasteiger partial charge in [0.25, 0.3) is 0 Å². The quantitative estimate of drug-likeness (QED) is 0.724. The fourth-order valence-corrected chi connectivity index (χ4v) is 2.42. The van der Waals surface area contributed by atoms with E-state index in [1.807, 2.05) is 24.3 Å². The van der Waals surface area contributed by atoms with Crippen molar-refractivity contribution >= 4 is 0 Å². The van der Waals surface area contributed by atoms with Gasteiger partial charge in [-0.3, -0.25) is 0 Å². The summed E-state index contributed by atoms with van der Waals surface area (Å²) in [6.45, 7) is 0.153. The summed E-state index contributed by atoms with van der Waals surface area (Å²) in [5.74, 6) is 0.217. The van der Waals surface area contributed by atoms with Crippen molar-refractivity contribution in [3.05, 3.63) is 60.4 Å². The van der Waals surface area contributed by atoms with Crippen LogP contribution in [-0.2, 0) is 6.42 Å². The maximum absolute atomic E-state index is 12.2. The molecule has 0 atom stereocenters. The van der Waals surface area contributed by atoms with Gasteiger partial charge in [-0.25, -0.2) is 9.67 Å². The van der Waals surface area contributed by atoms with E-state index in [-0.39, 0.29) is 12.4 Å². The SMILES string of the molecule is OCCCc1ccc(-c2ncn(-c3ccc(OC(F)(F)F)cc3)n2)cc1. The van der Waals surface area contributed by atoms with Crippen molar-refractivity contribution in [3.8, 4) is 22.8 Å². The Hall–Kier alpha value is -2.87. The predicted octanol–water partition coefficient (Wildman–Crippen LogP) is 3.76. The summed E-state index contributed by atoms with van der Waals surface area (Å²) in [7, 11) is 0. The second-order valence-corrected chi connectivity index (χ2v) is 5.58. The largest absolute Gasteiger partial charge is 0.573 e. The third-order valence-electron chi connectivity index (χ3n) is 3.66. The molecule has 2 aromatic carbocycles. The topological polar surface area (TPSA) is 60.2 Å². The minimum absolute atomic E-state index is 0.153. The first kappa shape index (κ1) is 17.9. The smallest absolute Gasteiger partial charge is 0.406 e. The molecule has 0 bridgehead atoms. The molecule has 3 aromatic rings. The van der Waals surface area contributed by atoms with Crippen molar-refractivity contribution in [3.63, 3.8) is 0 Å². The third-order valence-corrected chi connectivity index (χ3v) is 3.66. The summed E-state index contributed by atoms with van der Waals surface area (Å²) < 4.78 is 41.9. The van der Waals surface area contributed by atoms with E-state index in [4.69, 9.17) is 5.11 Å². The Morgan fingerprint density at radius 3 is 2.31 bits per heavy atom. The first-order valence-electron chi connectivity index (χ1n) is 7.92. The molecule has 8 heteroatoms. The number of aliphatic hydroxyl groups is 1. The highest BCUT2D eigenvalue weighted by atomic mass is 19.4. The van der Waals surface area contributed by atoms with Crippen molar-refractivity contribution in [1.29, 1.82) is 0 Å². The molecule has 0 radical (unpaired) electrons. The number of rotatable bonds is 6. The highest BCUT2D eigenvalue weighted by molar-refractivity contribution is 5.55. The van der Waals surface area contributed by atoms with E-state index >= 15 is 0 Å². The lowest BCUT2D eigenvalue weighted by atomic mass is 10.1. The number of aliphatic hydroxyl groups excluding tert-OH is 1. The van der Waals surface area contributed by atoms with Gasteiger partial charge >= 0.3 is 6.36 Å². The van der Waals surface area contributed by atoms with Gasteiger partial charge in [-0.05, 0) is 42.7 Å². The first-order chi connectivity index (χ1) is 12.4. The number of alkyl halides is 3. The van der Waals surface area contributed by atoms with Crippen LogP contribution in [0.25, 0.3) is 17.1 Å². The number of nitrogens with zero attached hydrogens (tertiary/aromatic N) is 3. The van der Waals surface area contributed by atoms with Crippen molar-refractivity contribution in [2.24, 2.45) is 0 Å². The number of aromatic nitrogens is 3. The van der Waals surface area contributed by atoms with Crippen molar-refractivity contribution < 1.29 is 23.0 Å². The molecule has 5 nitrogen and oxygen atoms in total. The van der Waals surface area contributed by atoms with Gasteiger partial charge < -0.3 is 9.84 Å². The van der Waals surface area contributed by atoms with Crippen LogP contribution in [0.2, 0.25) is 0 Å². The zero-order valence-corrected chi connectivity index (χ0v) is 13.6. The van der Waals surface area contributed by atoms with E-state index in [2.05, 4.69) is 14.8 Å². The lowest BCUT2D eigenvalue weighted by Gasteiger charge is -2.09. The number of benzene rings is 2. The van der Waals surface area contributed by atoms with Gasteiger partial charge in [0.1, 0.15) is 12.1 Å². The van der Waals surface area contributed by atoms with Crippen LogP contribution < -0.4 is 4.74 Å². The van der Waals surface area contributed by atoms with Gasteiger partial charge in [-0.2, -0.15) is 0 Å². The number of halogens is 3. The molecule has 0 amide bonds. The molecule has 0 fully saturated rings. The van der Waals surface area contributed by atoms with Crippen LogP contribution in [0.15, 0.2) is 54.9 Å². The van der Waals surface area contributed by atoms with E-state index in [9.17, 15) is 13.2 Å². The molecule has 1 N–H and O–H groups in total. The fourth-order valence-electron chi connectivity index (χ4n) is 2.42. The summed E-state index contributed by atoms with van der Waals surface area (Å²) in [6.07, 6.45) is -1.72. The molecule has 136 valence electrons. The molecule has 3 rings (SSSR count). The molecule has 0 spiro atoms. The fraction of sp³-hybridized carbons (Fsp3) is 0.222. The van der Waals surface area contributed by atoms with Gasteiger partial charge in [0, 0.05) is 12.2 Å². The Morgan fingerprint density at radius 1 is 1.00 bits per heavy atom. The summed E-state index contributed by atoms with van der Waals surface area (Å²) in [5.41, 5.74) is 2.51. The molecule has 0 aliphatic heterocycles. The zero-order valence-electron chi connectivity index (χ0n) is 13.6. The zero-order chi connectivity index (χ0) is 18.6. The number of hydrogen-bond acceptors (Lipinski definition) is 4. The van der Waals surface area contributed by atoms with Gasteiger partial charge in [0.15, 0.2) is 5.82 Å². The first-order valence-corrected chi connectivity index (χ1v) is 7.92. The normalized spacial score (nSPS) is 11.5. The Morgan fingerprint density at radius 2 is 1.69 bits per heavy atom. The van der Waals surface area contributed by atoms with E-state index in [1.54, 1.807) is 0 Å². The van der Waals surface area contributed by atoms with Crippen LogP contribution in [0.5, 0.6) is 5.75 Å². The summed E-state index contributed by atoms with van der Waals surface area (Å²) in [5, 5.41) is 13.2. The number of ether oxygens (including phenoxy) is 1. The molecular formula is C18H16F3N3O2.